The average Bonchev–Trinajstić information content (AvgIpc) is 2.52. The number of rotatable bonds is 5. The van der Waals surface area contributed by atoms with E-state index in [9.17, 15) is 14.1 Å². The third-order valence-corrected chi connectivity index (χ3v) is 3.50. The number of amides is 1. The number of carbonyl (C=O) groups is 1. The molecule has 0 spiro atoms. The van der Waals surface area contributed by atoms with E-state index in [0.717, 1.165) is 0 Å². The highest BCUT2D eigenvalue weighted by Crippen LogP contribution is 2.15. The fourth-order valence-electron chi connectivity index (χ4n) is 1.76. The van der Waals surface area contributed by atoms with Crippen molar-refractivity contribution in [3.05, 3.63) is 74.9 Å². The van der Waals surface area contributed by atoms with Gasteiger partial charge in [0.05, 0.1) is 11.3 Å². The fraction of sp³-hybridized carbons (Fsp3) is 0.0667. The summed E-state index contributed by atoms with van der Waals surface area (Å²) in [7, 11) is 0. The number of nitrogens with one attached hydrogen (secondary N) is 1. The molecule has 1 amide bonds. The van der Waals surface area contributed by atoms with Gasteiger partial charge in [0.25, 0.3) is 5.91 Å². The van der Waals surface area contributed by atoms with E-state index >= 15 is 0 Å². The third-order valence-electron chi connectivity index (χ3n) is 2.81. The van der Waals surface area contributed by atoms with Gasteiger partial charge in [-0.15, -0.1) is 0 Å². The van der Waals surface area contributed by atoms with Gasteiger partial charge in [0.15, 0.2) is 0 Å². The lowest BCUT2D eigenvalue weighted by atomic mass is 10.1. The molecule has 0 aliphatic heterocycles. The second-order valence-corrected chi connectivity index (χ2v) is 5.10. The molecule has 0 saturated carbocycles. The number of hydrazone groups is 1. The van der Waals surface area contributed by atoms with Crippen molar-refractivity contribution in [2.45, 2.75) is 0 Å². The Balaban J connectivity index is 2.25. The summed E-state index contributed by atoms with van der Waals surface area (Å²) < 4.78 is 14.3. The molecule has 0 saturated heterocycles. The minimum Gasteiger partial charge on any atom is -0.267 e. The van der Waals surface area contributed by atoms with Gasteiger partial charge in [0.1, 0.15) is 12.4 Å². The molecule has 0 heterocycles. The summed E-state index contributed by atoms with van der Waals surface area (Å²) in [5.74, 6) is -1.02. The van der Waals surface area contributed by atoms with Crippen LogP contribution in [0.3, 0.4) is 0 Å². The standard InChI is InChI=1S/C15H11BrFN3O2/c16-12-7-3-1-5-10(12)15(21)20-19-14(9-18-22)11-6-2-4-8-13(11)17/h1-8H,9H2,(H,20,21). The van der Waals surface area contributed by atoms with Crippen LogP contribution in [-0.2, 0) is 0 Å². The number of nitroso groups, excluding NO2 is 1. The van der Waals surface area contributed by atoms with E-state index < -0.39 is 11.7 Å². The van der Waals surface area contributed by atoms with E-state index in [4.69, 9.17) is 0 Å². The molecule has 0 aliphatic rings. The number of nitrogens with zero attached hydrogens (tertiary/aromatic N) is 2. The lowest BCUT2D eigenvalue weighted by Crippen LogP contribution is -2.22. The minimum atomic E-state index is -0.542. The van der Waals surface area contributed by atoms with Gasteiger partial charge in [-0.1, -0.05) is 35.5 Å². The molecule has 2 aromatic rings. The highest BCUT2D eigenvalue weighted by Gasteiger charge is 2.12. The molecule has 0 fully saturated rings. The molecule has 0 aliphatic carbocycles. The first-order chi connectivity index (χ1) is 10.6. The highest BCUT2D eigenvalue weighted by atomic mass is 79.9. The fourth-order valence-corrected chi connectivity index (χ4v) is 2.23. The van der Waals surface area contributed by atoms with Crippen LogP contribution in [0.1, 0.15) is 15.9 Å². The Morgan fingerprint density at radius 3 is 2.36 bits per heavy atom. The summed E-state index contributed by atoms with van der Waals surface area (Å²) in [4.78, 5) is 22.5. The van der Waals surface area contributed by atoms with Crippen molar-refractivity contribution in [3.8, 4) is 0 Å². The molecule has 5 nitrogen and oxygen atoms in total. The molecule has 7 heteroatoms. The molecular formula is C15H11BrFN3O2. The Kier molecular flexibility index (Phi) is 5.48. The monoisotopic (exact) mass is 363 g/mol. The van der Waals surface area contributed by atoms with Gasteiger partial charge in [-0.3, -0.25) is 4.79 Å². The van der Waals surface area contributed by atoms with E-state index in [1.165, 1.54) is 18.2 Å². The predicted octanol–water partition coefficient (Wildman–Crippen LogP) is 3.49. The zero-order valence-corrected chi connectivity index (χ0v) is 12.9. The summed E-state index contributed by atoms with van der Waals surface area (Å²) in [6.45, 7) is -0.350. The zero-order chi connectivity index (χ0) is 15.9. The van der Waals surface area contributed by atoms with E-state index in [-0.39, 0.29) is 17.8 Å². The largest absolute Gasteiger partial charge is 0.272 e. The van der Waals surface area contributed by atoms with Crippen molar-refractivity contribution in [1.29, 1.82) is 0 Å². The maximum Gasteiger partial charge on any atom is 0.272 e. The van der Waals surface area contributed by atoms with E-state index in [1.54, 1.807) is 30.3 Å². The van der Waals surface area contributed by atoms with Crippen molar-refractivity contribution in [2.24, 2.45) is 10.3 Å². The summed E-state index contributed by atoms with van der Waals surface area (Å²) in [5, 5.41) is 6.54. The predicted molar refractivity (Wildman–Crippen MR) is 85.2 cm³/mol. The molecule has 22 heavy (non-hydrogen) atoms. The smallest absolute Gasteiger partial charge is 0.267 e. The summed E-state index contributed by atoms with van der Waals surface area (Å²) >= 11 is 3.25. The topological polar surface area (TPSA) is 70.9 Å². The van der Waals surface area contributed by atoms with Crippen LogP contribution < -0.4 is 5.43 Å². The van der Waals surface area contributed by atoms with Gasteiger partial charge < -0.3 is 0 Å². The first-order valence-electron chi connectivity index (χ1n) is 6.29. The molecule has 2 rings (SSSR count). The van der Waals surface area contributed by atoms with Crippen LogP contribution in [0.2, 0.25) is 0 Å². The van der Waals surface area contributed by atoms with Gasteiger partial charge in [-0.2, -0.15) is 10.0 Å². The number of halogens is 2. The Morgan fingerprint density at radius 1 is 1.09 bits per heavy atom. The van der Waals surface area contributed by atoms with Crippen molar-refractivity contribution < 1.29 is 9.18 Å². The average molecular weight is 364 g/mol. The van der Waals surface area contributed by atoms with Crippen molar-refractivity contribution in [3.63, 3.8) is 0 Å². The van der Waals surface area contributed by atoms with E-state index in [0.29, 0.717) is 10.0 Å². The lowest BCUT2D eigenvalue weighted by Gasteiger charge is -2.06. The first kappa shape index (κ1) is 16.0. The van der Waals surface area contributed by atoms with Crippen LogP contribution in [0, 0.1) is 10.7 Å². The number of benzene rings is 2. The van der Waals surface area contributed by atoms with Gasteiger partial charge in [0.2, 0.25) is 0 Å². The highest BCUT2D eigenvalue weighted by molar-refractivity contribution is 9.10. The molecule has 0 atom stereocenters. The second kappa shape index (κ2) is 7.56. The quantitative estimate of drug-likeness (QED) is 0.501. The first-order valence-corrected chi connectivity index (χ1v) is 7.08. The third kappa shape index (κ3) is 3.82. The van der Waals surface area contributed by atoms with Crippen molar-refractivity contribution >= 4 is 27.5 Å². The van der Waals surface area contributed by atoms with Crippen LogP contribution in [0.15, 0.2) is 63.3 Å². The Morgan fingerprint density at radius 2 is 1.73 bits per heavy atom. The van der Waals surface area contributed by atoms with Crippen LogP contribution >= 0.6 is 15.9 Å². The molecular weight excluding hydrogens is 353 g/mol. The van der Waals surface area contributed by atoms with Crippen molar-refractivity contribution in [2.75, 3.05) is 6.54 Å². The van der Waals surface area contributed by atoms with Crippen LogP contribution in [0.4, 0.5) is 4.39 Å². The Labute approximate surface area is 134 Å². The van der Waals surface area contributed by atoms with Gasteiger partial charge >= 0.3 is 0 Å². The second-order valence-electron chi connectivity index (χ2n) is 4.25. The van der Waals surface area contributed by atoms with Gasteiger partial charge in [0, 0.05) is 10.0 Å². The van der Waals surface area contributed by atoms with Crippen LogP contribution in [-0.4, -0.2) is 18.2 Å². The molecule has 0 radical (unpaired) electrons. The molecule has 2 aromatic carbocycles. The number of hydrogen-bond donors (Lipinski definition) is 1. The molecule has 1 N–H and O–H groups in total. The normalized spacial score (nSPS) is 11.1. The summed E-state index contributed by atoms with van der Waals surface area (Å²) in [6.07, 6.45) is 0. The van der Waals surface area contributed by atoms with Crippen molar-refractivity contribution in [1.82, 2.24) is 5.43 Å². The summed E-state index contributed by atoms with van der Waals surface area (Å²) in [5.41, 5.74) is 2.85. The zero-order valence-electron chi connectivity index (χ0n) is 11.3. The summed E-state index contributed by atoms with van der Waals surface area (Å²) in [6, 6.07) is 12.6. The maximum atomic E-state index is 13.7. The van der Waals surface area contributed by atoms with Gasteiger partial charge in [-0.05, 0) is 34.1 Å². The number of carbonyl (C=O) groups excluding carboxylic acids is 1. The molecule has 0 bridgehead atoms. The van der Waals surface area contributed by atoms with Crippen LogP contribution in [0.25, 0.3) is 0 Å². The maximum absolute atomic E-state index is 13.7. The molecule has 0 aromatic heterocycles. The van der Waals surface area contributed by atoms with E-state index in [2.05, 4.69) is 31.6 Å². The minimum absolute atomic E-state index is 0.0495. The van der Waals surface area contributed by atoms with Crippen LogP contribution in [0.5, 0.6) is 0 Å². The van der Waals surface area contributed by atoms with Gasteiger partial charge in [-0.25, -0.2) is 9.82 Å². The number of hydrogen-bond acceptors (Lipinski definition) is 4. The molecule has 112 valence electrons. The van der Waals surface area contributed by atoms with E-state index in [1.807, 2.05) is 0 Å². The Hall–Kier alpha value is -2.41. The lowest BCUT2D eigenvalue weighted by molar-refractivity contribution is 0.0954. The Bertz CT molecular complexity index is 734. The SMILES string of the molecule is O=NCC(=NNC(=O)c1ccccc1Br)c1ccccc1F. The molecule has 0 unspecified atom stereocenters.